The molecule has 0 atom stereocenters. The van der Waals surface area contributed by atoms with Crippen LogP contribution in [0.3, 0.4) is 0 Å². The average molecular weight is 193 g/mol. The van der Waals surface area contributed by atoms with Crippen LogP contribution in [-0.4, -0.2) is 18.3 Å². The van der Waals surface area contributed by atoms with Gasteiger partial charge in [-0.2, -0.15) is 5.26 Å². The summed E-state index contributed by atoms with van der Waals surface area (Å²) in [4.78, 5) is 0. The van der Waals surface area contributed by atoms with Crippen molar-refractivity contribution in [1.29, 1.82) is 5.26 Å². The smallest absolute Gasteiger partial charge is 0.400 e. The van der Waals surface area contributed by atoms with Gasteiger partial charge in [0, 0.05) is 0 Å². The lowest BCUT2D eigenvalue weighted by Gasteiger charge is -2.32. The Kier molecular flexibility index (Phi) is 2.75. The second-order valence-electron chi connectivity index (χ2n) is 4.58. The zero-order chi connectivity index (χ0) is 11.0. The van der Waals surface area contributed by atoms with Gasteiger partial charge in [0.2, 0.25) is 0 Å². The molecular weight excluding hydrogens is 177 g/mol. The zero-order valence-electron chi connectivity index (χ0n) is 9.26. The topological polar surface area (TPSA) is 42.2 Å². The van der Waals surface area contributed by atoms with Crippen molar-refractivity contribution >= 4 is 7.12 Å². The van der Waals surface area contributed by atoms with E-state index in [0.717, 1.165) is 0 Å². The van der Waals surface area contributed by atoms with Gasteiger partial charge in [0.15, 0.2) is 0 Å². The summed E-state index contributed by atoms with van der Waals surface area (Å²) in [5.74, 6) is 0. The van der Waals surface area contributed by atoms with Gasteiger partial charge in [-0.15, -0.1) is 6.58 Å². The number of allylic oxidation sites excluding steroid dienone is 1. The van der Waals surface area contributed by atoms with Crippen LogP contribution in [0.2, 0.25) is 0 Å². The molecule has 0 amide bonds. The summed E-state index contributed by atoms with van der Waals surface area (Å²) in [6, 6.07) is 2.04. The molecule has 0 aromatic heterocycles. The Bertz CT molecular complexity index is 275. The number of nitriles is 1. The third-order valence-corrected chi connectivity index (χ3v) is 2.89. The van der Waals surface area contributed by atoms with Crippen LogP contribution in [0.5, 0.6) is 0 Å². The molecule has 0 unspecified atom stereocenters. The molecule has 1 saturated heterocycles. The van der Waals surface area contributed by atoms with Gasteiger partial charge in [0.1, 0.15) is 0 Å². The summed E-state index contributed by atoms with van der Waals surface area (Å²) in [5, 5.41) is 8.54. The molecule has 0 spiro atoms. The van der Waals surface area contributed by atoms with Crippen molar-refractivity contribution < 1.29 is 9.31 Å². The summed E-state index contributed by atoms with van der Waals surface area (Å²) >= 11 is 0. The van der Waals surface area contributed by atoms with Gasteiger partial charge in [-0.3, -0.25) is 0 Å². The minimum absolute atomic E-state index is 0.275. The van der Waals surface area contributed by atoms with Crippen molar-refractivity contribution in [3.63, 3.8) is 0 Å². The van der Waals surface area contributed by atoms with Crippen molar-refractivity contribution in [3.05, 3.63) is 12.1 Å². The number of rotatable bonds is 2. The van der Waals surface area contributed by atoms with Crippen molar-refractivity contribution in [2.75, 3.05) is 0 Å². The quantitative estimate of drug-likeness (QED) is 0.630. The van der Waals surface area contributed by atoms with E-state index in [4.69, 9.17) is 14.6 Å². The average Bonchev–Trinajstić information content (AvgIpc) is 2.22. The molecule has 0 bridgehead atoms. The Labute approximate surface area is 85.8 Å². The van der Waals surface area contributed by atoms with Crippen LogP contribution in [0, 0.1) is 11.3 Å². The molecule has 1 aliphatic rings. The van der Waals surface area contributed by atoms with Gasteiger partial charge in [0.05, 0.1) is 23.7 Å². The van der Waals surface area contributed by atoms with E-state index in [-0.39, 0.29) is 17.6 Å². The van der Waals surface area contributed by atoms with Crippen molar-refractivity contribution in [2.45, 2.75) is 45.3 Å². The lowest BCUT2D eigenvalue weighted by molar-refractivity contribution is 0.00578. The van der Waals surface area contributed by atoms with Crippen LogP contribution in [0.25, 0.3) is 0 Å². The van der Waals surface area contributed by atoms with E-state index in [2.05, 4.69) is 6.58 Å². The van der Waals surface area contributed by atoms with Crippen LogP contribution in [0.4, 0.5) is 0 Å². The molecule has 1 heterocycles. The van der Waals surface area contributed by atoms with E-state index in [1.165, 1.54) is 0 Å². The monoisotopic (exact) mass is 193 g/mol. The predicted molar refractivity (Wildman–Crippen MR) is 55.5 cm³/mol. The van der Waals surface area contributed by atoms with E-state index < -0.39 is 7.12 Å². The third-order valence-electron chi connectivity index (χ3n) is 2.89. The van der Waals surface area contributed by atoms with Crippen LogP contribution in [0.15, 0.2) is 12.1 Å². The highest BCUT2D eigenvalue weighted by Gasteiger charge is 2.51. The Morgan fingerprint density at radius 3 is 2.07 bits per heavy atom. The largest absolute Gasteiger partial charge is 0.491 e. The highest BCUT2D eigenvalue weighted by atomic mass is 16.7. The fourth-order valence-electron chi connectivity index (χ4n) is 1.19. The van der Waals surface area contributed by atoms with Crippen molar-refractivity contribution in [3.8, 4) is 6.07 Å². The first kappa shape index (κ1) is 11.3. The summed E-state index contributed by atoms with van der Waals surface area (Å²) in [7, 11) is -0.445. The molecule has 1 aliphatic heterocycles. The summed E-state index contributed by atoms with van der Waals surface area (Å²) in [6.07, 6.45) is 0.275. The van der Waals surface area contributed by atoms with Gasteiger partial charge >= 0.3 is 7.12 Å². The molecule has 1 fully saturated rings. The molecule has 4 heteroatoms. The standard InChI is InChI=1S/C10H16BNO2/c1-8(6-7-12)11-13-9(2,3)10(4,5)14-11/h1,6H2,2-5H3. The maximum Gasteiger partial charge on any atom is 0.491 e. The van der Waals surface area contributed by atoms with Crippen LogP contribution in [-0.2, 0) is 9.31 Å². The maximum absolute atomic E-state index is 8.54. The molecule has 0 aromatic rings. The van der Waals surface area contributed by atoms with Crippen molar-refractivity contribution in [2.24, 2.45) is 0 Å². The molecule has 0 N–H and O–H groups in total. The molecule has 0 aliphatic carbocycles. The summed E-state index contributed by atoms with van der Waals surface area (Å²) in [6.45, 7) is 11.7. The van der Waals surface area contributed by atoms with E-state index in [9.17, 15) is 0 Å². The fraction of sp³-hybridized carbons (Fsp3) is 0.700. The van der Waals surface area contributed by atoms with Gasteiger partial charge in [-0.05, 0) is 33.2 Å². The predicted octanol–water partition coefficient (Wildman–Crippen LogP) is 2.09. The Balaban J connectivity index is 2.74. The number of nitrogens with zero attached hydrogens (tertiary/aromatic N) is 1. The van der Waals surface area contributed by atoms with E-state index in [1.807, 2.05) is 33.8 Å². The molecule has 0 saturated carbocycles. The van der Waals surface area contributed by atoms with Gasteiger partial charge in [-0.1, -0.05) is 0 Å². The van der Waals surface area contributed by atoms with E-state index in [0.29, 0.717) is 5.47 Å². The Morgan fingerprint density at radius 2 is 1.71 bits per heavy atom. The Hall–Kier alpha value is -0.785. The third kappa shape index (κ3) is 1.84. The molecule has 3 nitrogen and oxygen atoms in total. The highest BCUT2D eigenvalue weighted by Crippen LogP contribution is 2.38. The van der Waals surface area contributed by atoms with E-state index >= 15 is 0 Å². The first-order valence-corrected chi connectivity index (χ1v) is 4.70. The molecule has 0 radical (unpaired) electrons. The summed E-state index contributed by atoms with van der Waals surface area (Å²) in [5.41, 5.74) is -0.0160. The second-order valence-corrected chi connectivity index (χ2v) is 4.58. The molecule has 1 rings (SSSR count). The summed E-state index contributed by atoms with van der Waals surface area (Å²) < 4.78 is 11.4. The maximum atomic E-state index is 8.54. The van der Waals surface area contributed by atoms with Gasteiger partial charge < -0.3 is 9.31 Å². The van der Waals surface area contributed by atoms with E-state index in [1.54, 1.807) is 0 Å². The Morgan fingerprint density at radius 1 is 1.29 bits per heavy atom. The molecular formula is C10H16BNO2. The highest BCUT2D eigenvalue weighted by molar-refractivity contribution is 6.54. The molecule has 0 aromatic carbocycles. The van der Waals surface area contributed by atoms with Gasteiger partial charge in [0.25, 0.3) is 0 Å². The first-order valence-electron chi connectivity index (χ1n) is 4.70. The number of hydrogen-bond acceptors (Lipinski definition) is 3. The lowest BCUT2D eigenvalue weighted by atomic mass is 9.78. The minimum Gasteiger partial charge on any atom is -0.400 e. The van der Waals surface area contributed by atoms with Crippen LogP contribution >= 0.6 is 0 Å². The normalized spacial score (nSPS) is 23.2. The first-order chi connectivity index (χ1) is 6.30. The molecule has 14 heavy (non-hydrogen) atoms. The second kappa shape index (κ2) is 3.41. The lowest BCUT2D eigenvalue weighted by Crippen LogP contribution is -2.41. The van der Waals surface area contributed by atoms with Crippen LogP contribution in [0.1, 0.15) is 34.1 Å². The minimum atomic E-state index is -0.445. The van der Waals surface area contributed by atoms with Gasteiger partial charge in [-0.25, -0.2) is 0 Å². The van der Waals surface area contributed by atoms with Crippen molar-refractivity contribution in [1.82, 2.24) is 0 Å². The van der Waals surface area contributed by atoms with Crippen LogP contribution < -0.4 is 0 Å². The zero-order valence-corrected chi connectivity index (χ0v) is 9.26. The number of hydrogen-bond donors (Lipinski definition) is 0. The fourth-order valence-corrected chi connectivity index (χ4v) is 1.19. The SMILES string of the molecule is C=C(CC#N)B1OC(C)(C)C(C)(C)O1. The molecule has 76 valence electrons.